The lowest BCUT2D eigenvalue weighted by molar-refractivity contribution is 0.171. The largest absolute Gasteiger partial charge is 0.380 e. The average Bonchev–Trinajstić information content (AvgIpc) is 2.70. The zero-order valence-electron chi connectivity index (χ0n) is 16.3. The van der Waals surface area contributed by atoms with Crippen molar-refractivity contribution >= 4 is 0 Å². The van der Waals surface area contributed by atoms with Gasteiger partial charge >= 0.3 is 0 Å². The van der Waals surface area contributed by atoms with Crippen LogP contribution in [0.5, 0.6) is 0 Å². The maximum absolute atomic E-state index is 12.2. The fourth-order valence-corrected chi connectivity index (χ4v) is 5.14. The van der Waals surface area contributed by atoms with E-state index in [0.717, 1.165) is 17.8 Å². The molecule has 2 heteroatoms. The second-order valence-electron chi connectivity index (χ2n) is 8.37. The van der Waals surface area contributed by atoms with Crippen LogP contribution in [0.25, 0.3) is 0 Å². The first kappa shape index (κ1) is 19.6. The van der Waals surface area contributed by atoms with Gasteiger partial charge in [-0.05, 0) is 92.6 Å². The fourth-order valence-electron chi connectivity index (χ4n) is 5.14. The molecule has 0 bridgehead atoms. The number of hydrogen-bond acceptors (Lipinski definition) is 1. The minimum Gasteiger partial charge on any atom is -0.380 e. The molecule has 0 unspecified atom stereocenters. The van der Waals surface area contributed by atoms with Crippen molar-refractivity contribution in [2.45, 2.75) is 70.3 Å². The lowest BCUT2D eigenvalue weighted by Crippen LogP contribution is -2.25. The zero-order valence-corrected chi connectivity index (χ0v) is 16.3. The topological polar surface area (TPSA) is 9.23 Å². The van der Waals surface area contributed by atoms with E-state index in [-0.39, 0.29) is 6.67 Å². The van der Waals surface area contributed by atoms with Gasteiger partial charge in [0.1, 0.15) is 0 Å². The molecule has 26 heavy (non-hydrogen) atoms. The van der Waals surface area contributed by atoms with Gasteiger partial charge in [-0.3, -0.25) is 4.39 Å². The Bertz CT molecular complexity index is 534. The van der Waals surface area contributed by atoms with Gasteiger partial charge in [0.2, 0.25) is 0 Å². The molecule has 0 N–H and O–H groups in total. The van der Waals surface area contributed by atoms with Gasteiger partial charge in [0.25, 0.3) is 0 Å². The maximum atomic E-state index is 12.2. The van der Waals surface area contributed by atoms with Crippen LogP contribution in [0.3, 0.4) is 0 Å². The molecule has 144 valence electrons. The summed E-state index contributed by atoms with van der Waals surface area (Å²) < 4.78 is 17.4. The standard InChI is InChI=1S/C24H35FO/c1-26-18-20-7-11-22(12-8-20)24-15-13-23(14-16-24)21-9-5-19(6-10-21)4-2-3-17-25/h2,4,7-8,11-12,19,21,23-24H,3,5-6,9-10,13-18H2,1H3/t19-,21-,23-,24-. The molecule has 2 saturated carbocycles. The lowest BCUT2D eigenvalue weighted by atomic mass is 9.68. The lowest BCUT2D eigenvalue weighted by Gasteiger charge is -2.37. The summed E-state index contributed by atoms with van der Waals surface area (Å²) in [5.41, 5.74) is 2.78. The third-order valence-electron chi connectivity index (χ3n) is 6.70. The van der Waals surface area contributed by atoms with Crippen molar-refractivity contribution in [3.05, 3.63) is 47.5 Å². The molecule has 0 saturated heterocycles. The summed E-state index contributed by atoms with van der Waals surface area (Å²) in [4.78, 5) is 0. The smallest absolute Gasteiger partial charge is 0.0928 e. The number of alkyl halides is 1. The molecule has 0 aliphatic heterocycles. The Morgan fingerprint density at radius 1 is 0.923 bits per heavy atom. The van der Waals surface area contributed by atoms with Gasteiger partial charge in [0.15, 0.2) is 0 Å². The second kappa shape index (κ2) is 10.3. The molecule has 0 spiro atoms. The molecule has 1 aromatic rings. The second-order valence-corrected chi connectivity index (χ2v) is 8.37. The number of benzene rings is 1. The highest BCUT2D eigenvalue weighted by atomic mass is 19.1. The summed E-state index contributed by atoms with van der Waals surface area (Å²) in [5, 5.41) is 0. The molecule has 3 rings (SSSR count). The van der Waals surface area contributed by atoms with Crippen LogP contribution in [-0.2, 0) is 11.3 Å². The van der Waals surface area contributed by atoms with E-state index in [1.807, 2.05) is 6.08 Å². The van der Waals surface area contributed by atoms with Gasteiger partial charge < -0.3 is 4.74 Å². The van der Waals surface area contributed by atoms with E-state index in [9.17, 15) is 4.39 Å². The number of halogens is 1. The molecule has 2 fully saturated rings. The molecule has 0 heterocycles. The first-order valence-corrected chi connectivity index (χ1v) is 10.6. The van der Waals surface area contributed by atoms with Gasteiger partial charge in [-0.1, -0.05) is 36.4 Å². The Morgan fingerprint density at radius 3 is 2.12 bits per heavy atom. The fraction of sp³-hybridized carbons (Fsp3) is 0.667. The Labute approximate surface area is 159 Å². The average molecular weight is 359 g/mol. The van der Waals surface area contributed by atoms with Crippen molar-refractivity contribution in [3.63, 3.8) is 0 Å². The van der Waals surface area contributed by atoms with Crippen LogP contribution in [-0.4, -0.2) is 13.8 Å². The van der Waals surface area contributed by atoms with Gasteiger partial charge in [-0.2, -0.15) is 0 Å². The number of allylic oxidation sites excluding steroid dienone is 2. The third-order valence-corrected chi connectivity index (χ3v) is 6.70. The van der Waals surface area contributed by atoms with Crippen LogP contribution < -0.4 is 0 Å². The van der Waals surface area contributed by atoms with Gasteiger partial charge in [0.05, 0.1) is 13.3 Å². The molecule has 0 amide bonds. The molecule has 0 radical (unpaired) electrons. The van der Waals surface area contributed by atoms with E-state index in [1.54, 1.807) is 7.11 Å². The summed E-state index contributed by atoms with van der Waals surface area (Å²) >= 11 is 0. The van der Waals surface area contributed by atoms with Crippen LogP contribution in [0, 0.1) is 17.8 Å². The van der Waals surface area contributed by atoms with Crippen LogP contribution in [0.2, 0.25) is 0 Å². The summed E-state index contributed by atoms with van der Waals surface area (Å²) in [6.07, 6.45) is 15.8. The normalized spacial score (nSPS) is 29.9. The number of methoxy groups -OCH3 is 1. The summed E-state index contributed by atoms with van der Waals surface area (Å²) in [6.45, 7) is 0.489. The number of ether oxygens (including phenoxy) is 1. The molecule has 1 nitrogen and oxygen atoms in total. The summed E-state index contributed by atoms with van der Waals surface area (Å²) in [7, 11) is 1.75. The molecule has 1 aromatic carbocycles. The summed E-state index contributed by atoms with van der Waals surface area (Å²) in [5.74, 6) is 3.34. The van der Waals surface area contributed by atoms with Crippen molar-refractivity contribution < 1.29 is 9.13 Å². The first-order valence-electron chi connectivity index (χ1n) is 10.6. The first-order chi connectivity index (χ1) is 12.8. The molecular formula is C24H35FO. The Morgan fingerprint density at radius 2 is 1.54 bits per heavy atom. The molecular weight excluding hydrogens is 323 g/mol. The van der Waals surface area contributed by atoms with Gasteiger partial charge in [0, 0.05) is 7.11 Å². The van der Waals surface area contributed by atoms with Gasteiger partial charge in [-0.15, -0.1) is 0 Å². The third kappa shape index (κ3) is 5.42. The quantitative estimate of drug-likeness (QED) is 0.485. The van der Waals surface area contributed by atoms with E-state index in [1.165, 1.54) is 62.5 Å². The minimum absolute atomic E-state index is 0.218. The Hall–Kier alpha value is -1.15. The van der Waals surface area contributed by atoms with Gasteiger partial charge in [-0.25, -0.2) is 0 Å². The van der Waals surface area contributed by atoms with E-state index in [0.29, 0.717) is 18.9 Å². The van der Waals surface area contributed by atoms with E-state index in [4.69, 9.17) is 4.74 Å². The molecule has 0 atom stereocenters. The monoisotopic (exact) mass is 358 g/mol. The molecule has 2 aliphatic carbocycles. The maximum Gasteiger partial charge on any atom is 0.0928 e. The highest BCUT2D eigenvalue weighted by Crippen LogP contribution is 2.44. The predicted molar refractivity (Wildman–Crippen MR) is 107 cm³/mol. The predicted octanol–water partition coefficient (Wildman–Crippen LogP) is 6.83. The Kier molecular flexibility index (Phi) is 7.73. The number of hydrogen-bond donors (Lipinski definition) is 0. The van der Waals surface area contributed by atoms with Crippen molar-refractivity contribution in [1.82, 2.24) is 0 Å². The van der Waals surface area contributed by atoms with Crippen LogP contribution in [0.1, 0.15) is 74.8 Å². The van der Waals surface area contributed by atoms with Crippen molar-refractivity contribution in [2.24, 2.45) is 17.8 Å². The van der Waals surface area contributed by atoms with Crippen molar-refractivity contribution in [2.75, 3.05) is 13.8 Å². The van der Waals surface area contributed by atoms with Crippen molar-refractivity contribution in [3.8, 4) is 0 Å². The van der Waals surface area contributed by atoms with Crippen LogP contribution in [0.4, 0.5) is 4.39 Å². The highest BCUT2D eigenvalue weighted by Gasteiger charge is 2.30. The Balaban J connectivity index is 1.42. The minimum atomic E-state index is -0.218. The van der Waals surface area contributed by atoms with Crippen molar-refractivity contribution in [1.29, 1.82) is 0 Å². The van der Waals surface area contributed by atoms with E-state index < -0.39 is 0 Å². The van der Waals surface area contributed by atoms with E-state index >= 15 is 0 Å². The highest BCUT2D eigenvalue weighted by molar-refractivity contribution is 5.25. The molecule has 2 aliphatic rings. The zero-order chi connectivity index (χ0) is 18.2. The SMILES string of the molecule is COCc1ccc([C@H]2CC[C@H]([C@H]3CC[C@H](C=CCCF)CC3)CC2)cc1. The summed E-state index contributed by atoms with van der Waals surface area (Å²) in [6, 6.07) is 9.08. The molecule has 0 aromatic heterocycles. The van der Waals surface area contributed by atoms with E-state index in [2.05, 4.69) is 30.3 Å². The van der Waals surface area contributed by atoms with Crippen LogP contribution >= 0.6 is 0 Å². The van der Waals surface area contributed by atoms with Crippen LogP contribution in [0.15, 0.2) is 36.4 Å². The number of rotatable bonds is 7.